The van der Waals surface area contributed by atoms with E-state index in [0.29, 0.717) is 6.42 Å². The van der Waals surface area contributed by atoms with Crippen molar-refractivity contribution in [1.29, 1.82) is 0 Å². The van der Waals surface area contributed by atoms with Crippen LogP contribution in [-0.2, 0) is 25.5 Å². The lowest BCUT2D eigenvalue weighted by Crippen LogP contribution is -2.58. The lowest BCUT2D eigenvalue weighted by molar-refractivity contribution is -0.249. The maximum absolute atomic E-state index is 13.6. The molecule has 0 saturated carbocycles. The fourth-order valence-corrected chi connectivity index (χ4v) is 6.52. The third kappa shape index (κ3) is 5.59. The van der Waals surface area contributed by atoms with Crippen LogP contribution < -0.4 is 11.1 Å². The molecule has 13 nitrogen and oxygen atoms in total. The molecule has 1 aliphatic heterocycles. The zero-order chi connectivity index (χ0) is 33.1. The van der Waals surface area contributed by atoms with Crippen LogP contribution in [0.25, 0.3) is 0 Å². The highest BCUT2D eigenvalue weighted by Crippen LogP contribution is 2.52. The zero-order valence-electron chi connectivity index (χ0n) is 25.4. The van der Waals surface area contributed by atoms with Crippen LogP contribution in [-0.4, -0.2) is 85.0 Å². The standard InChI is InChI=1S/C32H38N2O11/c1-12(2)8-17(33)31(42)34-18-9-21(44-13(3)26(18)37)45-20-11-32(43,14(4)35)10-16-23(20)30(41)25-24(28(16)39)27(38)15-6-5-7-19(36)22(15)29(25)40/h5-7,12-13,17-18,20-21,26,36-37,39,41,43H,8-11,33H2,1-4H3,(H,34,42)/t13?,17?,18?,20-,21?,26?,32-/m0/s1. The Morgan fingerprint density at radius 2 is 1.78 bits per heavy atom. The van der Waals surface area contributed by atoms with Crippen LogP contribution in [0.15, 0.2) is 18.2 Å². The van der Waals surface area contributed by atoms with Crippen molar-refractivity contribution in [3.63, 3.8) is 0 Å². The molecule has 2 aliphatic carbocycles. The second-order valence-corrected chi connectivity index (χ2v) is 12.6. The van der Waals surface area contributed by atoms with Gasteiger partial charge < -0.3 is 46.1 Å². The van der Waals surface area contributed by atoms with Crippen molar-refractivity contribution in [2.45, 2.75) is 95.7 Å². The summed E-state index contributed by atoms with van der Waals surface area (Å²) in [5, 5.41) is 58.2. The monoisotopic (exact) mass is 626 g/mol. The Labute approximate surface area is 259 Å². The summed E-state index contributed by atoms with van der Waals surface area (Å²) >= 11 is 0. The molecule has 5 rings (SSSR count). The van der Waals surface area contributed by atoms with Gasteiger partial charge in [-0.25, -0.2) is 0 Å². The van der Waals surface area contributed by atoms with Gasteiger partial charge in [-0.15, -0.1) is 0 Å². The number of aromatic hydroxyl groups is 3. The number of ketones is 3. The molecule has 1 amide bonds. The molecule has 3 aliphatic rings. The number of benzene rings is 2. The van der Waals surface area contributed by atoms with E-state index in [1.54, 1.807) is 6.92 Å². The first-order valence-electron chi connectivity index (χ1n) is 14.9. The molecule has 5 unspecified atom stereocenters. The summed E-state index contributed by atoms with van der Waals surface area (Å²) in [6, 6.07) is 2.19. The zero-order valence-corrected chi connectivity index (χ0v) is 25.4. The van der Waals surface area contributed by atoms with E-state index in [1.165, 1.54) is 18.2 Å². The summed E-state index contributed by atoms with van der Waals surface area (Å²) < 4.78 is 12.0. The van der Waals surface area contributed by atoms with Crippen LogP contribution in [0.5, 0.6) is 17.2 Å². The van der Waals surface area contributed by atoms with Crippen LogP contribution >= 0.6 is 0 Å². The van der Waals surface area contributed by atoms with Crippen molar-refractivity contribution >= 4 is 23.3 Å². The number of rotatable bonds is 7. The fourth-order valence-electron chi connectivity index (χ4n) is 6.52. The number of aliphatic hydroxyl groups excluding tert-OH is 1. The van der Waals surface area contributed by atoms with E-state index in [1.807, 2.05) is 13.8 Å². The van der Waals surface area contributed by atoms with Gasteiger partial charge >= 0.3 is 0 Å². The van der Waals surface area contributed by atoms with E-state index in [-0.39, 0.29) is 34.6 Å². The van der Waals surface area contributed by atoms with E-state index in [2.05, 4.69) is 5.32 Å². The smallest absolute Gasteiger partial charge is 0.237 e. The number of phenols is 3. The second-order valence-electron chi connectivity index (χ2n) is 12.6. The summed E-state index contributed by atoms with van der Waals surface area (Å²) in [6.45, 7) is 6.54. The first kappa shape index (κ1) is 32.5. The molecule has 45 heavy (non-hydrogen) atoms. The van der Waals surface area contributed by atoms with Crippen molar-refractivity contribution in [1.82, 2.24) is 5.32 Å². The summed E-state index contributed by atoms with van der Waals surface area (Å²) in [7, 11) is 0. The largest absolute Gasteiger partial charge is 0.507 e. The van der Waals surface area contributed by atoms with Gasteiger partial charge in [0.1, 0.15) is 29.0 Å². The number of aliphatic hydroxyl groups is 2. The van der Waals surface area contributed by atoms with Crippen LogP contribution in [0.3, 0.4) is 0 Å². The summed E-state index contributed by atoms with van der Waals surface area (Å²) in [6.07, 6.45) is -5.10. The van der Waals surface area contributed by atoms with E-state index >= 15 is 0 Å². The highest BCUT2D eigenvalue weighted by molar-refractivity contribution is 6.31. The fraction of sp³-hybridized carbons (Fsp3) is 0.500. The minimum Gasteiger partial charge on any atom is -0.507 e. The minimum atomic E-state index is -2.09. The average molecular weight is 627 g/mol. The molecule has 0 spiro atoms. The van der Waals surface area contributed by atoms with E-state index in [9.17, 15) is 44.7 Å². The van der Waals surface area contributed by atoms with Gasteiger partial charge in [-0.05, 0) is 32.3 Å². The Hall–Kier alpha value is -3.88. The SMILES string of the molecule is CC(=O)[C@]1(O)Cc2c(O)c3c(c(O)c2[C@@H](OC2CC(NC(=O)C(N)CC(C)C)C(O)C(C)O2)C1)C(=O)c1c(O)cccc1C3=O. The molecule has 1 saturated heterocycles. The van der Waals surface area contributed by atoms with E-state index in [4.69, 9.17) is 15.2 Å². The number of carbonyl (C=O) groups is 4. The Morgan fingerprint density at radius 1 is 1.11 bits per heavy atom. The lowest BCUT2D eigenvalue weighted by atomic mass is 9.72. The summed E-state index contributed by atoms with van der Waals surface area (Å²) in [5.74, 6) is -4.66. The number of fused-ring (bicyclic) bond motifs is 3. The van der Waals surface area contributed by atoms with E-state index in [0.717, 1.165) is 6.92 Å². The average Bonchev–Trinajstić information content (AvgIpc) is 2.95. The van der Waals surface area contributed by atoms with Gasteiger partial charge in [0, 0.05) is 36.0 Å². The highest BCUT2D eigenvalue weighted by atomic mass is 16.7. The quantitative estimate of drug-likeness (QED) is 0.184. The Balaban J connectivity index is 1.54. The summed E-state index contributed by atoms with van der Waals surface area (Å²) in [4.78, 5) is 52.5. The van der Waals surface area contributed by atoms with Gasteiger partial charge in [-0.3, -0.25) is 19.2 Å². The number of hydrogen-bond acceptors (Lipinski definition) is 12. The molecule has 1 heterocycles. The molecule has 2 aromatic rings. The Kier molecular flexibility index (Phi) is 8.53. The molecular weight excluding hydrogens is 588 g/mol. The molecule has 1 fully saturated rings. The lowest BCUT2D eigenvalue weighted by Gasteiger charge is -2.43. The van der Waals surface area contributed by atoms with Crippen molar-refractivity contribution < 1.29 is 54.2 Å². The number of phenolic OH excluding ortho intramolecular Hbond substituents is 3. The molecule has 2 aromatic carbocycles. The first-order valence-corrected chi connectivity index (χ1v) is 14.9. The number of nitrogens with one attached hydrogen (secondary N) is 1. The van der Waals surface area contributed by atoms with Crippen molar-refractivity contribution in [2.75, 3.05) is 0 Å². The van der Waals surface area contributed by atoms with Crippen molar-refractivity contribution in [3.05, 3.63) is 51.6 Å². The maximum atomic E-state index is 13.6. The van der Waals surface area contributed by atoms with Crippen LogP contribution in [0.4, 0.5) is 0 Å². The third-order valence-electron chi connectivity index (χ3n) is 8.94. The minimum absolute atomic E-state index is 0.0909. The van der Waals surface area contributed by atoms with Crippen molar-refractivity contribution in [3.8, 4) is 17.2 Å². The Bertz CT molecular complexity index is 1590. The van der Waals surface area contributed by atoms with Crippen LogP contribution in [0.1, 0.15) is 96.0 Å². The van der Waals surface area contributed by atoms with Gasteiger partial charge in [0.25, 0.3) is 0 Å². The van der Waals surface area contributed by atoms with Crippen molar-refractivity contribution in [2.24, 2.45) is 11.7 Å². The normalized spacial score (nSPS) is 28.2. The molecule has 8 N–H and O–H groups in total. The second kappa shape index (κ2) is 11.8. The third-order valence-corrected chi connectivity index (χ3v) is 8.94. The predicted molar refractivity (Wildman–Crippen MR) is 157 cm³/mol. The molecule has 7 atom stereocenters. The molecule has 0 radical (unpaired) electrons. The molecular formula is C32H38N2O11. The number of Topliss-reactive ketones (excluding diaryl/α,β-unsaturated/α-hetero) is 1. The number of ether oxygens (including phenoxy) is 2. The van der Waals surface area contributed by atoms with Crippen LogP contribution in [0, 0.1) is 5.92 Å². The molecule has 242 valence electrons. The van der Waals surface area contributed by atoms with E-state index < -0.39 is 107 Å². The maximum Gasteiger partial charge on any atom is 0.237 e. The Morgan fingerprint density at radius 3 is 2.42 bits per heavy atom. The van der Waals surface area contributed by atoms with Crippen LogP contribution in [0.2, 0.25) is 0 Å². The first-order chi connectivity index (χ1) is 21.1. The number of nitrogens with two attached hydrogens (primary N) is 1. The number of hydrogen-bond donors (Lipinski definition) is 7. The summed E-state index contributed by atoms with van der Waals surface area (Å²) in [5.41, 5.74) is 2.02. The topological polar surface area (TPSA) is 226 Å². The van der Waals surface area contributed by atoms with Gasteiger partial charge in [0.05, 0.1) is 41.0 Å². The highest BCUT2D eigenvalue weighted by Gasteiger charge is 2.49. The molecule has 13 heteroatoms. The van der Waals surface area contributed by atoms with Gasteiger partial charge in [-0.1, -0.05) is 26.0 Å². The number of amides is 1. The van der Waals surface area contributed by atoms with Gasteiger partial charge in [-0.2, -0.15) is 0 Å². The van der Waals surface area contributed by atoms with Gasteiger partial charge in [0.15, 0.2) is 17.9 Å². The molecule has 0 aromatic heterocycles. The molecule has 0 bridgehead atoms. The number of carbonyl (C=O) groups excluding carboxylic acids is 4. The predicted octanol–water partition coefficient (Wildman–Crippen LogP) is 1.26. The van der Waals surface area contributed by atoms with Gasteiger partial charge in [0.2, 0.25) is 11.7 Å².